The molecule has 0 aromatic rings. The van der Waals surface area contributed by atoms with Crippen LogP contribution in [0.25, 0.3) is 0 Å². The van der Waals surface area contributed by atoms with Crippen LogP contribution in [-0.2, 0) is 9.08 Å². The Hall–Kier alpha value is 1.64. The maximum absolute atomic E-state index is 9.65. The Morgan fingerprint density at radius 3 is 1.70 bits per heavy atom. The number of halogens is 1. The van der Waals surface area contributed by atoms with Gasteiger partial charge in [-0.2, -0.15) is 14.0 Å². The first-order valence-electron chi connectivity index (χ1n) is 1.53. The average Bonchev–Trinajstić information content (AvgIpc) is 1.21. The molecule has 0 heterocycles. The average molecular weight is 190 g/mol. The molecule has 8 heteroatoms. The molecule has 0 radical (unpaired) electrons. The van der Waals surface area contributed by atoms with Gasteiger partial charge in [-0.1, -0.05) is 0 Å². The molecule has 0 atom stereocenters. The molecule has 0 saturated carbocycles. The van der Waals surface area contributed by atoms with E-state index >= 15 is 0 Å². The predicted molar refractivity (Wildman–Crippen MR) is 14.0 cm³/mol. The van der Waals surface area contributed by atoms with Crippen LogP contribution in [-0.4, -0.2) is 5.97 Å². The van der Waals surface area contributed by atoms with Gasteiger partial charge in [0, 0.05) is 0 Å². The molecule has 0 amide bonds. The van der Waals surface area contributed by atoms with Crippen molar-refractivity contribution >= 4 is 5.97 Å². The Morgan fingerprint density at radius 2 is 1.70 bits per heavy atom. The molecule has 0 aromatic carbocycles. The number of hydrogen-bond acceptors (Lipinski definition) is 5. The van der Waals surface area contributed by atoms with Gasteiger partial charge in [0.2, 0.25) is 0 Å². The Kier molecular flexibility index (Phi) is 12.9. The minimum atomic E-state index is -4.57. The first-order chi connectivity index (χ1) is 3.42. The van der Waals surface area contributed by atoms with E-state index < -0.39 is 16.2 Å². The Balaban J connectivity index is -0.0000000408. The van der Waals surface area contributed by atoms with E-state index in [1.807, 2.05) is 0 Å². The fourth-order valence-corrected chi connectivity index (χ4v) is 0.399. The third-order valence-corrected chi connectivity index (χ3v) is 0.609. The van der Waals surface area contributed by atoms with Crippen LogP contribution in [0.3, 0.4) is 0 Å². The molecular formula is C2H5ClNa2O5. The molecule has 0 rings (SSSR count). The van der Waals surface area contributed by atoms with E-state index in [0.717, 1.165) is 6.92 Å². The maximum Gasteiger partial charge on any atom is 1.00 e. The summed E-state index contributed by atoms with van der Waals surface area (Å²) in [6.07, 6.45) is 0. The van der Waals surface area contributed by atoms with Crippen LogP contribution in [0, 0.1) is 10.2 Å². The molecule has 10 heavy (non-hydrogen) atoms. The molecule has 0 N–H and O–H groups in total. The van der Waals surface area contributed by atoms with Crippen LogP contribution in [0.2, 0.25) is 0 Å². The van der Waals surface area contributed by atoms with Crippen molar-refractivity contribution < 1.29 is 95.3 Å². The van der Waals surface area contributed by atoms with Crippen molar-refractivity contribution in [3.63, 3.8) is 0 Å². The van der Waals surface area contributed by atoms with Gasteiger partial charge in [-0.05, 0) is 4.29 Å². The van der Waals surface area contributed by atoms with Gasteiger partial charge in [-0.25, -0.2) is 4.79 Å². The number of carbonyl (C=O) groups is 1. The van der Waals surface area contributed by atoms with Gasteiger partial charge in [-0.15, -0.1) is 0 Å². The van der Waals surface area contributed by atoms with Crippen LogP contribution in [0.4, 0.5) is 0 Å². The minimum Gasteiger partial charge on any atom is -1.00 e. The van der Waals surface area contributed by atoms with Crippen molar-refractivity contribution in [1.82, 2.24) is 0 Å². The van der Waals surface area contributed by atoms with E-state index in [1.165, 1.54) is 0 Å². The van der Waals surface area contributed by atoms with Crippen LogP contribution in [0.1, 0.15) is 9.78 Å². The summed E-state index contributed by atoms with van der Waals surface area (Å²) in [4.78, 5) is 9.65. The zero-order chi connectivity index (χ0) is 6.78. The molecule has 0 saturated heterocycles. The second-order valence-corrected chi connectivity index (χ2v) is 1.86. The Morgan fingerprint density at radius 1 is 1.40 bits per heavy atom. The second kappa shape index (κ2) is 7.30. The van der Waals surface area contributed by atoms with Gasteiger partial charge >= 0.3 is 65.1 Å². The van der Waals surface area contributed by atoms with Gasteiger partial charge in [0.05, 0.1) is 6.92 Å². The van der Waals surface area contributed by atoms with E-state index in [2.05, 4.69) is 4.29 Å². The standard InChI is InChI=1S/C2H3ClO5.2Na.2H/c1-2(4)8-3(5,6)7;;;;/h1H3;;;;/q;2*+1;2*-1. The van der Waals surface area contributed by atoms with Gasteiger partial charge in [-0.3, -0.25) is 0 Å². The molecule has 0 bridgehead atoms. The number of hydrogen-bond donors (Lipinski definition) is 0. The van der Waals surface area contributed by atoms with Crippen LogP contribution >= 0.6 is 0 Å². The fourth-order valence-electron chi connectivity index (χ4n) is 0.133. The monoisotopic (exact) mass is 190 g/mol. The van der Waals surface area contributed by atoms with Crippen molar-refractivity contribution in [2.75, 3.05) is 0 Å². The largest absolute Gasteiger partial charge is 1.00 e. The van der Waals surface area contributed by atoms with E-state index in [1.54, 1.807) is 0 Å². The SMILES string of the molecule is CC(=O)O[Cl+3]([O-])([O-])[O-].[H-].[H-].[Na+].[Na+]. The Labute approximate surface area is 107 Å². The molecule has 0 unspecified atom stereocenters. The van der Waals surface area contributed by atoms with Crippen LogP contribution in [0.15, 0.2) is 0 Å². The van der Waals surface area contributed by atoms with Crippen molar-refractivity contribution in [2.24, 2.45) is 0 Å². The van der Waals surface area contributed by atoms with Crippen LogP contribution in [0.5, 0.6) is 0 Å². The maximum atomic E-state index is 9.65. The van der Waals surface area contributed by atoms with Gasteiger partial charge in [0.1, 0.15) is 10.2 Å². The predicted octanol–water partition coefficient (Wildman–Crippen LogP) is -9.32. The quantitative estimate of drug-likeness (QED) is 0.383. The fraction of sp³-hybridized carbons (Fsp3) is 0.500. The van der Waals surface area contributed by atoms with E-state index in [4.69, 9.17) is 0 Å². The molecule has 0 aliphatic carbocycles. The summed E-state index contributed by atoms with van der Waals surface area (Å²) in [5.41, 5.74) is 0. The molecule has 0 aromatic heterocycles. The van der Waals surface area contributed by atoms with Crippen molar-refractivity contribution in [2.45, 2.75) is 6.92 Å². The summed E-state index contributed by atoms with van der Waals surface area (Å²) in [5, 5.41) is 0. The van der Waals surface area contributed by atoms with Crippen molar-refractivity contribution in [3.8, 4) is 0 Å². The molecular weight excluding hydrogens is 185 g/mol. The number of rotatable bonds is 1. The zero-order valence-corrected chi connectivity index (χ0v) is 10.7. The smallest absolute Gasteiger partial charge is 1.00 e. The van der Waals surface area contributed by atoms with Gasteiger partial charge in [0.25, 0.3) is 0 Å². The molecule has 0 spiro atoms. The van der Waals surface area contributed by atoms with Crippen LogP contribution < -0.4 is 73.1 Å². The summed E-state index contributed by atoms with van der Waals surface area (Å²) < 4.78 is 31.4. The van der Waals surface area contributed by atoms with Gasteiger partial charge in [0.15, 0.2) is 0 Å². The first kappa shape index (κ1) is 17.7. The molecule has 0 aliphatic heterocycles. The normalized spacial score (nSPS) is 8.80. The van der Waals surface area contributed by atoms with Gasteiger partial charge < -0.3 is 2.85 Å². The summed E-state index contributed by atoms with van der Waals surface area (Å²) >= 11 is 0. The molecule has 52 valence electrons. The second-order valence-electron chi connectivity index (χ2n) is 0.947. The molecule has 5 nitrogen and oxygen atoms in total. The zero-order valence-electron chi connectivity index (χ0n) is 7.92. The topological polar surface area (TPSA) is 95.5 Å². The van der Waals surface area contributed by atoms with E-state index in [-0.39, 0.29) is 62.0 Å². The molecule has 0 aliphatic rings. The van der Waals surface area contributed by atoms with E-state index in [9.17, 15) is 18.8 Å². The molecule has 0 fully saturated rings. The van der Waals surface area contributed by atoms with Crippen molar-refractivity contribution in [1.29, 1.82) is 0 Å². The summed E-state index contributed by atoms with van der Waals surface area (Å²) in [6.45, 7) is 0.822. The summed E-state index contributed by atoms with van der Waals surface area (Å²) in [6, 6.07) is 0. The summed E-state index contributed by atoms with van der Waals surface area (Å²) in [7, 11) is -4.57. The van der Waals surface area contributed by atoms with Crippen molar-refractivity contribution in [3.05, 3.63) is 0 Å². The third kappa shape index (κ3) is 16.3. The van der Waals surface area contributed by atoms with E-state index in [0.29, 0.717) is 0 Å². The minimum absolute atomic E-state index is 0. The first-order valence-corrected chi connectivity index (χ1v) is 2.76. The third-order valence-electron chi connectivity index (χ3n) is 0.203. The Bertz CT molecular complexity index is 108. The number of carbonyl (C=O) groups excluding carboxylic acids is 1. The summed E-state index contributed by atoms with van der Waals surface area (Å²) in [5.74, 6) is -1.14.